The predicted octanol–water partition coefficient (Wildman–Crippen LogP) is 5.12. The molecule has 4 heteroatoms. The molecular formula is C22H26F2O2. The maximum atomic E-state index is 14.4. The van der Waals surface area contributed by atoms with Crippen molar-refractivity contribution in [3.63, 3.8) is 0 Å². The lowest BCUT2D eigenvalue weighted by molar-refractivity contribution is -0.184. The van der Waals surface area contributed by atoms with Gasteiger partial charge in [-0.15, -0.1) is 0 Å². The zero-order valence-corrected chi connectivity index (χ0v) is 15.0. The summed E-state index contributed by atoms with van der Waals surface area (Å²) in [6.45, 7) is 0.915. The van der Waals surface area contributed by atoms with Crippen molar-refractivity contribution in [1.29, 1.82) is 0 Å². The van der Waals surface area contributed by atoms with Gasteiger partial charge in [0.25, 0.3) is 5.92 Å². The first kappa shape index (κ1) is 19.0. The van der Waals surface area contributed by atoms with Crippen LogP contribution < -0.4 is 0 Å². The third kappa shape index (κ3) is 5.36. The van der Waals surface area contributed by atoms with Crippen molar-refractivity contribution in [2.45, 2.75) is 31.8 Å². The van der Waals surface area contributed by atoms with Gasteiger partial charge in [0.05, 0.1) is 13.2 Å². The molecule has 2 nitrogen and oxygen atoms in total. The quantitative estimate of drug-likeness (QED) is 0.608. The van der Waals surface area contributed by atoms with Crippen molar-refractivity contribution in [1.82, 2.24) is 0 Å². The SMILES string of the molecule is FC1(F)COC[C@@H](CCOCc2ccccc2)[C@H]1CCc1ccccc1. The van der Waals surface area contributed by atoms with Crippen molar-refractivity contribution in [2.24, 2.45) is 11.8 Å². The van der Waals surface area contributed by atoms with E-state index in [0.717, 1.165) is 11.1 Å². The van der Waals surface area contributed by atoms with Crippen LogP contribution in [0.15, 0.2) is 60.7 Å². The first-order chi connectivity index (χ1) is 12.6. The van der Waals surface area contributed by atoms with Crippen molar-refractivity contribution in [3.05, 3.63) is 71.8 Å². The molecule has 0 N–H and O–H groups in total. The first-order valence-corrected chi connectivity index (χ1v) is 9.26. The highest BCUT2D eigenvalue weighted by molar-refractivity contribution is 5.15. The summed E-state index contributed by atoms with van der Waals surface area (Å²) in [5, 5.41) is 0. The van der Waals surface area contributed by atoms with Gasteiger partial charge in [0.2, 0.25) is 0 Å². The molecule has 1 saturated heterocycles. The number of hydrogen-bond donors (Lipinski definition) is 0. The van der Waals surface area contributed by atoms with Crippen LogP contribution in [-0.4, -0.2) is 25.7 Å². The summed E-state index contributed by atoms with van der Waals surface area (Å²) in [6.07, 6.45) is 1.74. The molecule has 2 atom stereocenters. The monoisotopic (exact) mass is 360 g/mol. The Morgan fingerprint density at radius 2 is 1.58 bits per heavy atom. The van der Waals surface area contributed by atoms with E-state index >= 15 is 0 Å². The average molecular weight is 360 g/mol. The highest BCUT2D eigenvalue weighted by Gasteiger charge is 2.47. The summed E-state index contributed by atoms with van der Waals surface area (Å²) in [5.74, 6) is -3.59. The fourth-order valence-electron chi connectivity index (χ4n) is 3.61. The Bertz CT molecular complexity index is 646. The van der Waals surface area contributed by atoms with Crippen LogP contribution in [0.5, 0.6) is 0 Å². The highest BCUT2D eigenvalue weighted by atomic mass is 19.3. The molecule has 0 unspecified atom stereocenters. The molecule has 2 aromatic rings. The number of aryl methyl sites for hydroxylation is 1. The van der Waals surface area contributed by atoms with Crippen molar-refractivity contribution >= 4 is 0 Å². The van der Waals surface area contributed by atoms with Crippen LogP contribution in [0.2, 0.25) is 0 Å². The zero-order chi connectivity index (χ0) is 18.2. The Kier molecular flexibility index (Phi) is 6.75. The molecule has 26 heavy (non-hydrogen) atoms. The maximum Gasteiger partial charge on any atom is 0.274 e. The van der Waals surface area contributed by atoms with Crippen LogP contribution >= 0.6 is 0 Å². The molecule has 3 rings (SSSR count). The van der Waals surface area contributed by atoms with Gasteiger partial charge in [-0.25, -0.2) is 8.78 Å². The molecule has 0 aliphatic carbocycles. The first-order valence-electron chi connectivity index (χ1n) is 9.26. The second-order valence-corrected chi connectivity index (χ2v) is 6.99. The largest absolute Gasteiger partial charge is 0.377 e. The Balaban J connectivity index is 1.51. The summed E-state index contributed by atoms with van der Waals surface area (Å²) in [7, 11) is 0. The summed E-state index contributed by atoms with van der Waals surface area (Å²) in [5.41, 5.74) is 2.20. The Morgan fingerprint density at radius 3 is 2.27 bits per heavy atom. The van der Waals surface area contributed by atoms with Crippen LogP contribution in [0.3, 0.4) is 0 Å². The number of rotatable bonds is 8. The maximum absolute atomic E-state index is 14.4. The summed E-state index contributed by atoms with van der Waals surface area (Å²) in [4.78, 5) is 0. The van der Waals surface area contributed by atoms with Gasteiger partial charge in [0, 0.05) is 12.5 Å². The minimum Gasteiger partial charge on any atom is -0.377 e. The Morgan fingerprint density at radius 1 is 0.923 bits per heavy atom. The molecule has 1 heterocycles. The second kappa shape index (κ2) is 9.24. The van der Waals surface area contributed by atoms with Gasteiger partial charge in [0.15, 0.2) is 0 Å². The van der Waals surface area contributed by atoms with E-state index in [-0.39, 0.29) is 5.92 Å². The van der Waals surface area contributed by atoms with Gasteiger partial charge in [0.1, 0.15) is 6.61 Å². The Labute approximate surface area is 154 Å². The van der Waals surface area contributed by atoms with E-state index in [2.05, 4.69) is 0 Å². The van der Waals surface area contributed by atoms with Crippen LogP contribution in [0, 0.1) is 11.8 Å². The third-order valence-electron chi connectivity index (χ3n) is 5.07. The fraction of sp³-hybridized carbons (Fsp3) is 0.455. The standard InChI is InChI=1S/C22H26F2O2/c23-22(24)17-26-16-20(13-14-25-15-19-9-5-2-6-10-19)21(22)12-11-18-7-3-1-4-8-18/h1-10,20-21H,11-17H2/t20-,21-/m1/s1. The van der Waals surface area contributed by atoms with Crippen LogP contribution in [-0.2, 0) is 22.5 Å². The zero-order valence-electron chi connectivity index (χ0n) is 15.0. The number of halogens is 2. The van der Waals surface area contributed by atoms with Gasteiger partial charge in [-0.1, -0.05) is 60.7 Å². The molecule has 1 aliphatic heterocycles. The highest BCUT2D eigenvalue weighted by Crippen LogP contribution is 2.39. The van der Waals surface area contributed by atoms with E-state index in [0.29, 0.717) is 39.1 Å². The van der Waals surface area contributed by atoms with Crippen LogP contribution in [0.4, 0.5) is 8.78 Å². The lowest BCUT2D eigenvalue weighted by Crippen LogP contribution is -2.45. The van der Waals surface area contributed by atoms with E-state index in [9.17, 15) is 8.78 Å². The van der Waals surface area contributed by atoms with Gasteiger partial charge in [-0.2, -0.15) is 0 Å². The molecule has 0 aromatic heterocycles. The minimum absolute atomic E-state index is 0.168. The number of ether oxygens (including phenoxy) is 2. The van der Waals surface area contributed by atoms with Crippen LogP contribution in [0.1, 0.15) is 24.0 Å². The summed E-state index contributed by atoms with van der Waals surface area (Å²) < 4.78 is 39.8. The molecule has 1 aliphatic rings. The molecule has 2 aromatic carbocycles. The van der Waals surface area contributed by atoms with E-state index in [1.807, 2.05) is 60.7 Å². The molecule has 1 fully saturated rings. The second-order valence-electron chi connectivity index (χ2n) is 6.99. The molecule has 0 radical (unpaired) electrons. The Hall–Kier alpha value is -1.78. The predicted molar refractivity (Wildman–Crippen MR) is 98.2 cm³/mol. The van der Waals surface area contributed by atoms with Gasteiger partial charge < -0.3 is 9.47 Å². The van der Waals surface area contributed by atoms with Gasteiger partial charge in [-0.05, 0) is 36.3 Å². The van der Waals surface area contributed by atoms with Crippen LogP contribution in [0.25, 0.3) is 0 Å². The van der Waals surface area contributed by atoms with Gasteiger partial charge in [-0.3, -0.25) is 0 Å². The molecule has 0 amide bonds. The number of hydrogen-bond acceptors (Lipinski definition) is 2. The van der Waals surface area contributed by atoms with E-state index in [4.69, 9.17) is 9.47 Å². The molecule has 0 spiro atoms. The summed E-state index contributed by atoms with van der Waals surface area (Å²) in [6, 6.07) is 19.7. The minimum atomic E-state index is -2.77. The van der Waals surface area contributed by atoms with Gasteiger partial charge >= 0.3 is 0 Å². The normalized spacial score (nSPS) is 22.2. The number of benzene rings is 2. The smallest absolute Gasteiger partial charge is 0.274 e. The van der Waals surface area contributed by atoms with E-state index in [1.54, 1.807) is 0 Å². The van der Waals surface area contributed by atoms with E-state index in [1.165, 1.54) is 0 Å². The lowest BCUT2D eigenvalue weighted by Gasteiger charge is -2.38. The molecule has 0 bridgehead atoms. The third-order valence-corrected chi connectivity index (χ3v) is 5.07. The van der Waals surface area contributed by atoms with E-state index < -0.39 is 18.4 Å². The number of alkyl halides is 2. The summed E-state index contributed by atoms with van der Waals surface area (Å²) >= 11 is 0. The van der Waals surface area contributed by atoms with Crippen molar-refractivity contribution in [2.75, 3.05) is 19.8 Å². The molecular weight excluding hydrogens is 334 g/mol. The van der Waals surface area contributed by atoms with Crippen molar-refractivity contribution < 1.29 is 18.3 Å². The molecule has 140 valence electrons. The average Bonchev–Trinajstić information content (AvgIpc) is 2.66. The molecule has 0 saturated carbocycles. The fourth-order valence-corrected chi connectivity index (χ4v) is 3.61. The lowest BCUT2D eigenvalue weighted by atomic mass is 9.80. The van der Waals surface area contributed by atoms with Crippen molar-refractivity contribution in [3.8, 4) is 0 Å². The topological polar surface area (TPSA) is 18.5 Å².